The molecular weight excluding hydrogens is 512 g/mol. The van der Waals surface area contributed by atoms with Gasteiger partial charge in [-0.25, -0.2) is 9.97 Å². The molecule has 2 N–H and O–H groups in total. The zero-order valence-corrected chi connectivity index (χ0v) is 23.3. The van der Waals surface area contributed by atoms with Crippen LogP contribution in [0.5, 0.6) is 17.2 Å². The van der Waals surface area contributed by atoms with Gasteiger partial charge < -0.3 is 19.9 Å². The average molecular weight is 547 g/mol. The van der Waals surface area contributed by atoms with Crippen LogP contribution in [0.15, 0.2) is 97.3 Å². The van der Waals surface area contributed by atoms with Gasteiger partial charge in [0.05, 0.1) is 12.6 Å². The zero-order valence-electron chi connectivity index (χ0n) is 23.3. The van der Waals surface area contributed by atoms with Crippen molar-refractivity contribution >= 4 is 22.4 Å². The first-order valence-electron chi connectivity index (χ1n) is 13.9. The number of nitrogens with one attached hydrogen (secondary N) is 1. The van der Waals surface area contributed by atoms with E-state index in [2.05, 4.69) is 62.6 Å². The fourth-order valence-corrected chi connectivity index (χ4v) is 5.60. The minimum absolute atomic E-state index is 0.633. The molecule has 7 rings (SSSR count). The SMILES string of the molecule is CO.COc1cc(Nc2ncnc3ccc(-c4ccc(CN5CC6CC6C5)cc4)cc23)ccc1Oc1ccccc1. The summed E-state index contributed by atoms with van der Waals surface area (Å²) in [6, 6.07) is 30.7. The number of anilines is 2. The van der Waals surface area contributed by atoms with Crippen molar-refractivity contribution in [3.63, 3.8) is 0 Å². The van der Waals surface area contributed by atoms with Crippen LogP contribution in [0.1, 0.15) is 12.0 Å². The van der Waals surface area contributed by atoms with Gasteiger partial charge in [-0.1, -0.05) is 48.5 Å². The van der Waals surface area contributed by atoms with Crippen LogP contribution in [-0.4, -0.2) is 47.3 Å². The molecule has 5 aromatic rings. The molecule has 2 atom stereocenters. The molecule has 4 aromatic carbocycles. The zero-order chi connectivity index (χ0) is 28.2. The van der Waals surface area contributed by atoms with E-state index in [1.165, 1.54) is 30.6 Å². The van der Waals surface area contributed by atoms with E-state index in [1.807, 2.05) is 48.5 Å². The summed E-state index contributed by atoms with van der Waals surface area (Å²) in [5.74, 6) is 4.71. The highest BCUT2D eigenvalue weighted by atomic mass is 16.5. The number of aliphatic hydroxyl groups is 1. The Labute approximate surface area is 240 Å². The van der Waals surface area contributed by atoms with Crippen LogP contribution in [-0.2, 0) is 6.54 Å². The normalized spacial score (nSPS) is 17.3. The van der Waals surface area contributed by atoms with E-state index < -0.39 is 0 Å². The first kappa shape index (κ1) is 26.7. The monoisotopic (exact) mass is 546 g/mol. The molecule has 1 saturated carbocycles. The minimum atomic E-state index is 0.633. The predicted octanol–water partition coefficient (Wildman–Crippen LogP) is 6.90. The summed E-state index contributed by atoms with van der Waals surface area (Å²) in [4.78, 5) is 11.6. The van der Waals surface area contributed by atoms with E-state index >= 15 is 0 Å². The molecule has 7 nitrogen and oxygen atoms in total. The van der Waals surface area contributed by atoms with Crippen molar-refractivity contribution in [3.05, 3.63) is 103 Å². The number of fused-ring (bicyclic) bond motifs is 2. The molecule has 41 heavy (non-hydrogen) atoms. The van der Waals surface area contributed by atoms with Crippen LogP contribution in [0, 0.1) is 11.8 Å². The van der Waals surface area contributed by atoms with Gasteiger partial charge in [-0.2, -0.15) is 0 Å². The Morgan fingerprint density at radius 3 is 2.34 bits per heavy atom. The Kier molecular flexibility index (Phi) is 7.80. The number of ether oxygens (including phenoxy) is 2. The maximum absolute atomic E-state index is 7.00. The molecule has 0 bridgehead atoms. The van der Waals surface area contributed by atoms with Gasteiger partial charge in [0.15, 0.2) is 11.5 Å². The summed E-state index contributed by atoms with van der Waals surface area (Å²) < 4.78 is 11.6. The summed E-state index contributed by atoms with van der Waals surface area (Å²) in [6.45, 7) is 3.58. The molecule has 1 aromatic heterocycles. The van der Waals surface area contributed by atoms with Gasteiger partial charge >= 0.3 is 0 Å². The highest BCUT2D eigenvalue weighted by Crippen LogP contribution is 2.45. The quantitative estimate of drug-likeness (QED) is 0.219. The van der Waals surface area contributed by atoms with Gasteiger partial charge in [0.2, 0.25) is 0 Å². The van der Waals surface area contributed by atoms with Gasteiger partial charge in [-0.3, -0.25) is 4.90 Å². The van der Waals surface area contributed by atoms with Crippen molar-refractivity contribution in [1.82, 2.24) is 14.9 Å². The summed E-state index contributed by atoms with van der Waals surface area (Å²) in [5, 5.41) is 11.4. The van der Waals surface area contributed by atoms with Crippen molar-refractivity contribution < 1.29 is 14.6 Å². The van der Waals surface area contributed by atoms with Crippen molar-refractivity contribution in [2.45, 2.75) is 13.0 Å². The molecule has 2 heterocycles. The van der Waals surface area contributed by atoms with Crippen LogP contribution in [0.4, 0.5) is 11.5 Å². The Morgan fingerprint density at radius 1 is 0.829 bits per heavy atom. The largest absolute Gasteiger partial charge is 0.493 e. The van der Waals surface area contributed by atoms with Gasteiger partial charge in [-0.05, 0) is 71.3 Å². The fourth-order valence-electron chi connectivity index (χ4n) is 5.60. The van der Waals surface area contributed by atoms with Crippen LogP contribution >= 0.6 is 0 Å². The van der Waals surface area contributed by atoms with Gasteiger partial charge in [0, 0.05) is 43.9 Å². The second-order valence-corrected chi connectivity index (χ2v) is 10.5. The first-order valence-corrected chi connectivity index (χ1v) is 13.9. The second kappa shape index (κ2) is 12.0. The van der Waals surface area contributed by atoms with Crippen LogP contribution < -0.4 is 14.8 Å². The number of rotatable bonds is 8. The number of hydrogen-bond acceptors (Lipinski definition) is 7. The summed E-state index contributed by atoms with van der Waals surface area (Å²) in [6.07, 6.45) is 3.03. The van der Waals surface area contributed by atoms with E-state index in [1.54, 1.807) is 13.4 Å². The second-order valence-electron chi connectivity index (χ2n) is 10.5. The molecule has 1 aliphatic heterocycles. The molecule has 208 valence electrons. The third kappa shape index (κ3) is 6.01. The lowest BCUT2D eigenvalue weighted by Gasteiger charge is -2.17. The standard InChI is InChI=1S/C33H30N4O2.CH4O/c1-38-32-17-27(12-14-31(32)39-28-5-3-2-4-6-28)36-33-29-16-24(11-13-30(29)34-21-35-33)23-9-7-22(8-10-23)18-37-19-25-15-26(25)20-37;1-2/h2-14,16-17,21,25-26H,15,18-20H2,1H3,(H,34,35,36);2H,1H3. The van der Waals surface area contributed by atoms with Gasteiger partial charge in [0.1, 0.15) is 17.9 Å². The number of aromatic nitrogens is 2. The average Bonchev–Trinajstić information content (AvgIpc) is 3.64. The lowest BCUT2D eigenvalue weighted by atomic mass is 10.0. The number of piperidine rings is 1. The molecular formula is C34H34N4O3. The maximum atomic E-state index is 7.00. The number of benzene rings is 4. The molecule has 2 unspecified atom stereocenters. The Balaban J connectivity index is 0.00000148. The number of para-hydroxylation sites is 1. The molecule has 0 amide bonds. The lowest BCUT2D eigenvalue weighted by molar-refractivity contribution is 0.297. The number of aliphatic hydroxyl groups excluding tert-OH is 1. The van der Waals surface area contributed by atoms with Crippen LogP contribution in [0.2, 0.25) is 0 Å². The summed E-state index contributed by atoms with van der Waals surface area (Å²) in [7, 11) is 2.64. The Bertz CT molecular complexity index is 1620. The molecule has 1 saturated heterocycles. The molecule has 2 fully saturated rings. The van der Waals surface area contributed by atoms with Crippen LogP contribution in [0.25, 0.3) is 22.0 Å². The third-order valence-corrected chi connectivity index (χ3v) is 7.78. The number of likely N-dealkylation sites (tertiary alicyclic amines) is 1. The number of nitrogens with zero attached hydrogens (tertiary/aromatic N) is 3. The molecule has 7 heteroatoms. The van der Waals surface area contributed by atoms with E-state index in [0.29, 0.717) is 11.5 Å². The smallest absolute Gasteiger partial charge is 0.169 e. The van der Waals surface area contributed by atoms with Crippen molar-refractivity contribution in [1.29, 1.82) is 0 Å². The third-order valence-electron chi connectivity index (χ3n) is 7.78. The summed E-state index contributed by atoms with van der Waals surface area (Å²) in [5.41, 5.74) is 5.43. The number of hydrogen-bond donors (Lipinski definition) is 2. The van der Waals surface area contributed by atoms with Gasteiger partial charge in [0.25, 0.3) is 0 Å². The van der Waals surface area contributed by atoms with Crippen molar-refractivity contribution in [2.75, 3.05) is 32.6 Å². The molecule has 1 aliphatic carbocycles. The van der Waals surface area contributed by atoms with Crippen LogP contribution in [0.3, 0.4) is 0 Å². The van der Waals surface area contributed by atoms with E-state index in [9.17, 15) is 0 Å². The number of methoxy groups -OCH3 is 1. The Hall–Kier alpha value is -4.46. The molecule has 2 aliphatic rings. The fraction of sp³-hybridized carbons (Fsp3) is 0.235. The highest BCUT2D eigenvalue weighted by molar-refractivity contribution is 5.94. The van der Waals surface area contributed by atoms with E-state index in [-0.39, 0.29) is 0 Å². The highest BCUT2D eigenvalue weighted by Gasteiger charge is 2.44. The lowest BCUT2D eigenvalue weighted by Crippen LogP contribution is -2.21. The minimum Gasteiger partial charge on any atom is -0.493 e. The van der Waals surface area contributed by atoms with Crippen molar-refractivity contribution in [2.24, 2.45) is 11.8 Å². The Morgan fingerprint density at radius 2 is 1.59 bits per heavy atom. The predicted molar refractivity (Wildman–Crippen MR) is 163 cm³/mol. The molecule has 0 radical (unpaired) electrons. The van der Waals surface area contributed by atoms with Gasteiger partial charge in [-0.15, -0.1) is 0 Å². The van der Waals surface area contributed by atoms with E-state index in [4.69, 9.17) is 14.6 Å². The maximum Gasteiger partial charge on any atom is 0.169 e. The topological polar surface area (TPSA) is 79.7 Å². The first-order chi connectivity index (χ1) is 20.2. The summed E-state index contributed by atoms with van der Waals surface area (Å²) >= 11 is 0. The van der Waals surface area contributed by atoms with E-state index in [0.717, 1.165) is 59.2 Å². The molecule has 0 spiro atoms. The van der Waals surface area contributed by atoms with Crippen molar-refractivity contribution in [3.8, 4) is 28.4 Å².